The van der Waals surface area contributed by atoms with Crippen LogP contribution < -0.4 is 0 Å². The molecule has 0 bridgehead atoms. The molecule has 1 rings (SSSR count). The van der Waals surface area contributed by atoms with Crippen molar-refractivity contribution >= 4 is 34.9 Å². The average Bonchev–Trinajstić information content (AvgIpc) is 2.09. The van der Waals surface area contributed by atoms with E-state index in [1.54, 1.807) is 0 Å². The molecule has 0 saturated carbocycles. The Morgan fingerprint density at radius 3 is 2.40 bits per heavy atom. The number of nitro benzene ring substituents is 1. The van der Waals surface area contributed by atoms with Gasteiger partial charge in [0, 0.05) is 11.6 Å². The average molecular weight is 250 g/mol. The second-order valence-corrected chi connectivity index (χ2v) is 3.54. The molecular weight excluding hydrogens is 245 g/mol. The Morgan fingerprint density at radius 2 is 1.93 bits per heavy atom. The van der Waals surface area contributed by atoms with Gasteiger partial charge in [-0.2, -0.15) is 0 Å². The van der Waals surface area contributed by atoms with E-state index < -0.39 is 17.3 Å². The van der Waals surface area contributed by atoms with Crippen LogP contribution in [-0.4, -0.2) is 16.0 Å². The highest BCUT2D eigenvalue weighted by molar-refractivity contribution is 6.42. The maximum absolute atomic E-state index is 10.6. The predicted molar refractivity (Wildman–Crippen MR) is 54.5 cm³/mol. The van der Waals surface area contributed by atoms with E-state index in [4.69, 9.17) is 28.3 Å². The topological polar surface area (TPSA) is 80.4 Å². The number of hydrogen-bond acceptors (Lipinski definition) is 3. The second-order valence-electron chi connectivity index (χ2n) is 2.72. The molecule has 1 aromatic carbocycles. The van der Waals surface area contributed by atoms with Gasteiger partial charge in [0.2, 0.25) is 0 Å². The van der Waals surface area contributed by atoms with Gasteiger partial charge in [0.15, 0.2) is 0 Å². The van der Waals surface area contributed by atoms with Gasteiger partial charge in [-0.25, -0.2) is 0 Å². The lowest BCUT2D eigenvalue weighted by atomic mass is 10.1. The third-order valence-corrected chi connectivity index (χ3v) is 2.38. The third kappa shape index (κ3) is 2.81. The van der Waals surface area contributed by atoms with E-state index in [2.05, 4.69) is 0 Å². The molecule has 15 heavy (non-hydrogen) atoms. The van der Waals surface area contributed by atoms with Gasteiger partial charge < -0.3 is 5.11 Å². The number of aliphatic carboxylic acids is 1. The van der Waals surface area contributed by atoms with E-state index in [0.717, 1.165) is 6.07 Å². The van der Waals surface area contributed by atoms with E-state index in [1.807, 2.05) is 0 Å². The van der Waals surface area contributed by atoms with Crippen molar-refractivity contribution in [2.45, 2.75) is 6.42 Å². The highest BCUT2D eigenvalue weighted by atomic mass is 35.5. The van der Waals surface area contributed by atoms with Crippen LogP contribution in [0.1, 0.15) is 5.56 Å². The lowest BCUT2D eigenvalue weighted by Crippen LogP contribution is -2.03. The number of hydrogen-bond donors (Lipinski definition) is 1. The molecule has 0 aliphatic rings. The fourth-order valence-corrected chi connectivity index (χ4v) is 1.40. The molecule has 1 N–H and O–H groups in total. The molecule has 0 aliphatic carbocycles. The molecule has 0 unspecified atom stereocenters. The van der Waals surface area contributed by atoms with E-state index in [1.165, 1.54) is 6.07 Å². The van der Waals surface area contributed by atoms with E-state index >= 15 is 0 Å². The number of halogens is 2. The summed E-state index contributed by atoms with van der Waals surface area (Å²) in [4.78, 5) is 20.3. The summed E-state index contributed by atoms with van der Waals surface area (Å²) in [5.41, 5.74) is -0.311. The summed E-state index contributed by atoms with van der Waals surface area (Å²) in [5, 5.41) is 19.2. The van der Waals surface area contributed by atoms with E-state index in [0.29, 0.717) is 0 Å². The van der Waals surface area contributed by atoms with Crippen LogP contribution in [0.3, 0.4) is 0 Å². The monoisotopic (exact) mass is 249 g/mol. The van der Waals surface area contributed by atoms with Crippen molar-refractivity contribution in [1.29, 1.82) is 0 Å². The van der Waals surface area contributed by atoms with Crippen molar-refractivity contribution in [3.05, 3.63) is 37.9 Å². The molecule has 0 heterocycles. The smallest absolute Gasteiger partial charge is 0.308 e. The van der Waals surface area contributed by atoms with Crippen LogP contribution in [-0.2, 0) is 11.2 Å². The summed E-state index contributed by atoms with van der Waals surface area (Å²) in [6, 6.07) is 2.23. The Kier molecular flexibility index (Phi) is 3.49. The van der Waals surface area contributed by atoms with Gasteiger partial charge in [-0.3, -0.25) is 14.9 Å². The van der Waals surface area contributed by atoms with Gasteiger partial charge in [0.05, 0.1) is 21.4 Å². The highest BCUT2D eigenvalue weighted by Gasteiger charge is 2.18. The molecule has 5 nitrogen and oxygen atoms in total. The van der Waals surface area contributed by atoms with Gasteiger partial charge in [-0.05, 0) is 6.07 Å². The first-order chi connectivity index (χ1) is 6.91. The fraction of sp³-hybridized carbons (Fsp3) is 0.125. The first-order valence-corrected chi connectivity index (χ1v) is 4.51. The van der Waals surface area contributed by atoms with Crippen molar-refractivity contribution in [2.24, 2.45) is 0 Å². The van der Waals surface area contributed by atoms with Crippen LogP contribution in [0.25, 0.3) is 0 Å². The molecule has 0 atom stereocenters. The number of nitro groups is 1. The zero-order valence-electron chi connectivity index (χ0n) is 7.24. The van der Waals surface area contributed by atoms with Crippen molar-refractivity contribution < 1.29 is 14.8 Å². The molecule has 1 aromatic rings. The Bertz CT molecular complexity index is 433. The lowest BCUT2D eigenvalue weighted by Gasteiger charge is -2.02. The Morgan fingerprint density at radius 1 is 1.40 bits per heavy atom. The maximum Gasteiger partial charge on any atom is 0.308 e. The van der Waals surface area contributed by atoms with Crippen LogP contribution in [0, 0.1) is 10.1 Å². The van der Waals surface area contributed by atoms with Crippen LogP contribution in [0.2, 0.25) is 10.0 Å². The number of carbonyl (C=O) groups is 1. The zero-order valence-corrected chi connectivity index (χ0v) is 8.75. The number of rotatable bonds is 3. The van der Waals surface area contributed by atoms with Gasteiger partial charge >= 0.3 is 5.97 Å². The lowest BCUT2D eigenvalue weighted by molar-refractivity contribution is -0.385. The normalized spacial score (nSPS) is 10.0. The van der Waals surface area contributed by atoms with Gasteiger partial charge in [0.25, 0.3) is 5.69 Å². The van der Waals surface area contributed by atoms with E-state index in [-0.39, 0.29) is 21.3 Å². The molecule has 0 radical (unpaired) electrons. The Labute approximate surface area is 94.4 Å². The number of carboxylic acids is 1. The molecule has 0 aliphatic heterocycles. The van der Waals surface area contributed by atoms with Gasteiger partial charge in [0.1, 0.15) is 0 Å². The first kappa shape index (κ1) is 11.7. The van der Waals surface area contributed by atoms with Crippen LogP contribution in [0.15, 0.2) is 12.1 Å². The minimum Gasteiger partial charge on any atom is -0.481 e. The number of benzene rings is 1. The summed E-state index contributed by atoms with van der Waals surface area (Å²) < 4.78 is 0. The quantitative estimate of drug-likeness (QED) is 0.660. The molecule has 0 spiro atoms. The van der Waals surface area contributed by atoms with Crippen molar-refractivity contribution in [3.8, 4) is 0 Å². The standard InChI is InChI=1S/C8H5Cl2NO4/c9-5-1-4(2-8(12)13)7(11(14)15)3-6(5)10/h1,3H,2H2,(H,12,13). The summed E-state index contributed by atoms with van der Waals surface area (Å²) in [6.07, 6.45) is -0.465. The van der Waals surface area contributed by atoms with Crippen LogP contribution in [0.4, 0.5) is 5.69 Å². The van der Waals surface area contributed by atoms with E-state index in [9.17, 15) is 14.9 Å². The number of carboxylic acid groups (broad SMARTS) is 1. The molecule has 0 saturated heterocycles. The molecule has 80 valence electrons. The maximum atomic E-state index is 10.6. The SMILES string of the molecule is O=C(O)Cc1cc(Cl)c(Cl)cc1[N+](=O)[O-]. The third-order valence-electron chi connectivity index (χ3n) is 1.66. The second kappa shape index (κ2) is 4.46. The van der Waals surface area contributed by atoms with Gasteiger partial charge in [-0.15, -0.1) is 0 Å². The summed E-state index contributed by atoms with van der Waals surface area (Å²) >= 11 is 11.2. The van der Waals surface area contributed by atoms with Crippen molar-refractivity contribution in [1.82, 2.24) is 0 Å². The van der Waals surface area contributed by atoms with Crippen molar-refractivity contribution in [2.75, 3.05) is 0 Å². The molecular formula is C8H5Cl2NO4. The number of nitrogens with zero attached hydrogens (tertiary/aromatic N) is 1. The van der Waals surface area contributed by atoms with Crippen molar-refractivity contribution in [3.63, 3.8) is 0 Å². The Hall–Kier alpha value is -1.33. The zero-order chi connectivity index (χ0) is 11.6. The minimum atomic E-state index is -1.17. The summed E-state index contributed by atoms with van der Waals surface area (Å²) in [6.45, 7) is 0. The predicted octanol–water partition coefficient (Wildman–Crippen LogP) is 2.53. The fourth-order valence-electron chi connectivity index (χ4n) is 1.05. The minimum absolute atomic E-state index is 0.0255. The largest absolute Gasteiger partial charge is 0.481 e. The summed E-state index contributed by atoms with van der Waals surface area (Å²) in [7, 11) is 0. The first-order valence-electron chi connectivity index (χ1n) is 3.76. The summed E-state index contributed by atoms with van der Waals surface area (Å²) in [5.74, 6) is -1.17. The van der Waals surface area contributed by atoms with Crippen LogP contribution >= 0.6 is 23.2 Å². The molecule has 0 aromatic heterocycles. The van der Waals surface area contributed by atoms with Gasteiger partial charge in [-0.1, -0.05) is 23.2 Å². The molecule has 0 fully saturated rings. The molecule has 7 heteroatoms. The Balaban J connectivity index is 3.28. The van der Waals surface area contributed by atoms with Crippen LogP contribution in [0.5, 0.6) is 0 Å². The molecule has 0 amide bonds. The highest BCUT2D eigenvalue weighted by Crippen LogP contribution is 2.30.